The molecule has 1 unspecified atom stereocenters. The van der Waals surface area contributed by atoms with Crippen LogP contribution in [-0.2, 0) is 17.8 Å². The number of benzene rings is 2. The first-order valence-corrected chi connectivity index (χ1v) is 12.5. The summed E-state index contributed by atoms with van der Waals surface area (Å²) >= 11 is 1.37. The van der Waals surface area contributed by atoms with Gasteiger partial charge in [-0.05, 0) is 54.0 Å². The summed E-state index contributed by atoms with van der Waals surface area (Å²) in [5, 5.41) is 4.82. The van der Waals surface area contributed by atoms with Crippen molar-refractivity contribution in [1.82, 2.24) is 10.2 Å². The van der Waals surface area contributed by atoms with E-state index >= 15 is 0 Å². The van der Waals surface area contributed by atoms with Crippen LogP contribution in [0.5, 0.6) is 0 Å². The van der Waals surface area contributed by atoms with Crippen molar-refractivity contribution in [2.75, 3.05) is 25.0 Å². The lowest BCUT2D eigenvalue weighted by Crippen LogP contribution is -2.48. The van der Waals surface area contributed by atoms with Crippen molar-refractivity contribution >= 4 is 28.8 Å². The third kappa shape index (κ3) is 6.23. The van der Waals surface area contributed by atoms with E-state index in [-0.39, 0.29) is 11.8 Å². The number of nitrogens with zero attached hydrogens (tertiary/aromatic N) is 2. The van der Waals surface area contributed by atoms with Crippen molar-refractivity contribution in [2.24, 2.45) is 0 Å². The Hall–Kier alpha value is -3.12. The van der Waals surface area contributed by atoms with Crippen molar-refractivity contribution in [3.05, 3.63) is 88.1 Å². The van der Waals surface area contributed by atoms with Crippen LogP contribution in [0.25, 0.3) is 0 Å². The average Bonchev–Trinajstić information content (AvgIpc) is 3.40. The van der Waals surface area contributed by atoms with Gasteiger partial charge in [-0.15, -0.1) is 11.3 Å². The number of likely N-dealkylation sites (N-methyl/N-ethyl adjacent to an activating group) is 1. The third-order valence-electron chi connectivity index (χ3n) is 6.08. The minimum absolute atomic E-state index is 0.0936. The number of rotatable bonds is 8. The molecule has 1 aromatic heterocycles. The van der Waals surface area contributed by atoms with E-state index in [4.69, 9.17) is 0 Å². The Kier molecular flexibility index (Phi) is 7.79. The number of piperidine rings is 1. The molecule has 33 heavy (non-hydrogen) atoms. The lowest BCUT2D eigenvalue weighted by molar-refractivity contribution is -0.132. The molecule has 0 radical (unpaired) electrons. The van der Waals surface area contributed by atoms with Crippen molar-refractivity contribution in [1.29, 1.82) is 0 Å². The molecule has 2 amide bonds. The number of nitrogens with one attached hydrogen (secondary N) is 1. The Morgan fingerprint density at radius 1 is 0.939 bits per heavy atom. The van der Waals surface area contributed by atoms with Crippen molar-refractivity contribution in [3.63, 3.8) is 0 Å². The maximum atomic E-state index is 13.4. The van der Waals surface area contributed by atoms with Gasteiger partial charge in [-0.25, -0.2) is 0 Å². The molecule has 1 saturated heterocycles. The predicted molar refractivity (Wildman–Crippen MR) is 135 cm³/mol. The first kappa shape index (κ1) is 23.1. The van der Waals surface area contributed by atoms with Gasteiger partial charge < -0.3 is 15.1 Å². The fraction of sp³-hybridized carbons (Fsp3) is 0.333. The molecular weight excluding hydrogens is 430 g/mol. The molecule has 6 heteroatoms. The van der Waals surface area contributed by atoms with Gasteiger partial charge >= 0.3 is 0 Å². The summed E-state index contributed by atoms with van der Waals surface area (Å²) < 4.78 is 0. The van der Waals surface area contributed by atoms with Crippen molar-refractivity contribution in [3.8, 4) is 0 Å². The molecular formula is C27H31N3O2S. The molecule has 0 bridgehead atoms. The lowest BCUT2D eigenvalue weighted by Gasteiger charge is -2.29. The van der Waals surface area contributed by atoms with E-state index in [2.05, 4.69) is 34.5 Å². The van der Waals surface area contributed by atoms with Crippen molar-refractivity contribution < 1.29 is 9.59 Å². The maximum Gasteiger partial charge on any atom is 0.262 e. The smallest absolute Gasteiger partial charge is 0.262 e. The molecule has 0 spiro atoms. The maximum absolute atomic E-state index is 13.4. The predicted octanol–water partition coefficient (Wildman–Crippen LogP) is 4.74. The highest BCUT2D eigenvalue weighted by Gasteiger charge is 2.25. The molecule has 1 atom stereocenters. The normalized spacial score (nSPS) is 14.5. The number of hydrogen-bond donors (Lipinski definition) is 1. The zero-order valence-electron chi connectivity index (χ0n) is 19.1. The Balaban J connectivity index is 1.43. The first-order chi connectivity index (χ1) is 16.1. The summed E-state index contributed by atoms with van der Waals surface area (Å²) in [5.41, 5.74) is 3.34. The number of thiophene rings is 1. The van der Waals surface area contributed by atoms with E-state index in [1.807, 2.05) is 41.8 Å². The average molecular weight is 462 g/mol. The largest absolute Gasteiger partial charge is 0.372 e. The fourth-order valence-corrected chi connectivity index (χ4v) is 4.90. The Morgan fingerprint density at radius 2 is 1.67 bits per heavy atom. The highest BCUT2D eigenvalue weighted by molar-refractivity contribution is 7.12. The summed E-state index contributed by atoms with van der Waals surface area (Å²) in [6.45, 7) is 2.73. The molecule has 5 nitrogen and oxygen atoms in total. The molecule has 4 rings (SSSR count). The molecule has 1 fully saturated rings. The van der Waals surface area contributed by atoms with Crippen LogP contribution in [0.2, 0.25) is 0 Å². The highest BCUT2D eigenvalue weighted by atomic mass is 32.1. The van der Waals surface area contributed by atoms with Crippen LogP contribution in [0.4, 0.5) is 5.69 Å². The van der Waals surface area contributed by atoms with Crippen molar-refractivity contribution in [2.45, 2.75) is 38.3 Å². The summed E-state index contributed by atoms with van der Waals surface area (Å²) in [5.74, 6) is -0.303. The Morgan fingerprint density at radius 3 is 2.33 bits per heavy atom. The second-order valence-electron chi connectivity index (χ2n) is 8.60. The summed E-state index contributed by atoms with van der Waals surface area (Å²) in [7, 11) is 1.80. The number of anilines is 1. The second-order valence-corrected chi connectivity index (χ2v) is 9.55. The lowest BCUT2D eigenvalue weighted by atomic mass is 10.0. The van der Waals surface area contributed by atoms with Gasteiger partial charge in [0, 0.05) is 38.8 Å². The van der Waals surface area contributed by atoms with Gasteiger partial charge in [-0.3, -0.25) is 9.59 Å². The van der Waals surface area contributed by atoms with Gasteiger partial charge in [0.1, 0.15) is 6.04 Å². The number of carbonyl (C=O) groups excluding carboxylic acids is 2. The number of amides is 2. The van der Waals surface area contributed by atoms with Gasteiger partial charge in [0.25, 0.3) is 5.91 Å². The molecule has 2 aromatic carbocycles. The van der Waals surface area contributed by atoms with E-state index in [1.54, 1.807) is 18.0 Å². The van der Waals surface area contributed by atoms with E-state index < -0.39 is 6.04 Å². The summed E-state index contributed by atoms with van der Waals surface area (Å²) in [6.07, 6.45) is 4.27. The molecule has 0 aliphatic carbocycles. The molecule has 1 N–H and O–H groups in total. The Bertz CT molecular complexity index is 1030. The fourth-order valence-electron chi connectivity index (χ4n) is 4.27. The molecule has 0 saturated carbocycles. The minimum Gasteiger partial charge on any atom is -0.372 e. The third-order valence-corrected chi connectivity index (χ3v) is 6.95. The SMILES string of the molecule is CN(Cc1ccc(N2CCCCC2)cc1)C(=O)C(Cc1ccccc1)NC(=O)c1cccs1. The van der Waals surface area contributed by atoms with Crippen LogP contribution >= 0.6 is 11.3 Å². The highest BCUT2D eigenvalue weighted by Crippen LogP contribution is 2.21. The topological polar surface area (TPSA) is 52.6 Å². The molecule has 3 aromatic rings. The molecule has 172 valence electrons. The summed E-state index contributed by atoms with van der Waals surface area (Å²) in [4.78, 5) is 30.8. The minimum atomic E-state index is -0.625. The monoisotopic (exact) mass is 461 g/mol. The van der Waals surface area contributed by atoms with Crippen LogP contribution in [0, 0.1) is 0 Å². The van der Waals surface area contributed by atoms with Crippen LogP contribution in [0.1, 0.15) is 40.1 Å². The van der Waals surface area contributed by atoms with Crippen LogP contribution in [-0.4, -0.2) is 42.9 Å². The molecule has 2 heterocycles. The first-order valence-electron chi connectivity index (χ1n) is 11.6. The number of carbonyl (C=O) groups is 2. The van der Waals surface area contributed by atoms with Gasteiger partial charge in [0.15, 0.2) is 0 Å². The van der Waals surface area contributed by atoms with Crippen LogP contribution in [0.3, 0.4) is 0 Å². The van der Waals surface area contributed by atoms with E-state index in [0.29, 0.717) is 17.8 Å². The zero-order valence-corrected chi connectivity index (χ0v) is 19.9. The standard InChI is InChI=1S/C27H31N3O2S/c1-29(20-22-12-14-23(15-13-22)30-16-6-3-7-17-30)27(32)24(19-21-9-4-2-5-10-21)28-26(31)25-11-8-18-33-25/h2,4-5,8-15,18,24H,3,6-7,16-17,19-20H2,1H3,(H,28,31). The van der Waals surface area contributed by atoms with E-state index in [0.717, 1.165) is 24.2 Å². The Labute approximate surface area is 200 Å². The molecule has 1 aliphatic heterocycles. The van der Waals surface area contributed by atoms with Gasteiger partial charge in [0.05, 0.1) is 4.88 Å². The molecule has 1 aliphatic rings. The number of hydrogen-bond acceptors (Lipinski definition) is 4. The van der Waals surface area contributed by atoms with Crippen LogP contribution in [0.15, 0.2) is 72.1 Å². The zero-order chi connectivity index (χ0) is 23.0. The van der Waals surface area contributed by atoms with Gasteiger partial charge in [0.2, 0.25) is 5.91 Å². The van der Waals surface area contributed by atoms with Gasteiger partial charge in [-0.1, -0.05) is 48.5 Å². The van der Waals surface area contributed by atoms with E-state index in [1.165, 1.54) is 36.3 Å². The summed E-state index contributed by atoms with van der Waals surface area (Å²) in [6, 6.07) is 21.3. The van der Waals surface area contributed by atoms with Crippen LogP contribution < -0.4 is 10.2 Å². The van der Waals surface area contributed by atoms with Gasteiger partial charge in [-0.2, -0.15) is 0 Å². The quantitative estimate of drug-likeness (QED) is 0.527. The second kappa shape index (κ2) is 11.1. The van der Waals surface area contributed by atoms with E-state index in [9.17, 15) is 9.59 Å².